The van der Waals surface area contributed by atoms with Crippen LogP contribution in [0.5, 0.6) is 0 Å². The highest BCUT2D eigenvalue weighted by Crippen LogP contribution is 2.13. The molecule has 94 valence electrons. The number of carbonyl (C=O) groups excluding carboxylic acids is 1. The van der Waals surface area contributed by atoms with E-state index < -0.39 is 5.97 Å². The van der Waals surface area contributed by atoms with Gasteiger partial charge in [0.2, 0.25) is 0 Å². The van der Waals surface area contributed by atoms with E-state index in [1.165, 1.54) is 0 Å². The summed E-state index contributed by atoms with van der Waals surface area (Å²) in [5.41, 5.74) is 2.16. The number of nitrogens with zero attached hydrogens (tertiary/aromatic N) is 2. The Morgan fingerprint density at radius 3 is 2.94 bits per heavy atom. The third kappa shape index (κ3) is 2.48. The van der Waals surface area contributed by atoms with E-state index in [0.29, 0.717) is 5.56 Å². The molecule has 18 heavy (non-hydrogen) atoms. The van der Waals surface area contributed by atoms with Crippen molar-refractivity contribution < 1.29 is 14.7 Å². The minimum atomic E-state index is -0.935. The van der Waals surface area contributed by atoms with Crippen molar-refractivity contribution in [2.75, 3.05) is 6.54 Å². The molecule has 0 aliphatic carbocycles. The van der Waals surface area contributed by atoms with Gasteiger partial charge in [-0.1, -0.05) is 0 Å². The van der Waals surface area contributed by atoms with Crippen molar-refractivity contribution >= 4 is 22.9 Å². The number of carboxylic acids is 1. The number of carboxylic acid groups (broad SMARTS) is 1. The van der Waals surface area contributed by atoms with Gasteiger partial charge in [-0.15, -0.1) is 0 Å². The number of rotatable bonds is 4. The fourth-order valence-corrected chi connectivity index (χ4v) is 1.66. The minimum Gasteiger partial charge on any atom is -0.481 e. The van der Waals surface area contributed by atoms with Crippen LogP contribution in [-0.2, 0) is 11.8 Å². The summed E-state index contributed by atoms with van der Waals surface area (Å²) in [6.45, 7) is 0.119. The molecule has 0 radical (unpaired) electrons. The normalized spacial score (nSPS) is 10.5. The molecule has 0 bridgehead atoms. The molecule has 0 atom stereocenters. The first-order valence-corrected chi connectivity index (χ1v) is 5.49. The van der Waals surface area contributed by atoms with Crippen LogP contribution in [0.3, 0.4) is 0 Å². The van der Waals surface area contributed by atoms with Gasteiger partial charge in [-0.25, -0.2) is 4.98 Å². The van der Waals surface area contributed by atoms with Gasteiger partial charge in [-0.05, 0) is 18.2 Å². The molecule has 0 aliphatic heterocycles. The van der Waals surface area contributed by atoms with Crippen LogP contribution >= 0.6 is 0 Å². The van der Waals surface area contributed by atoms with Gasteiger partial charge in [0.15, 0.2) is 0 Å². The number of benzene rings is 1. The van der Waals surface area contributed by atoms with E-state index in [-0.39, 0.29) is 18.9 Å². The van der Waals surface area contributed by atoms with Crippen molar-refractivity contribution in [2.45, 2.75) is 6.42 Å². The molecule has 0 spiro atoms. The third-order valence-electron chi connectivity index (χ3n) is 2.61. The van der Waals surface area contributed by atoms with Crippen molar-refractivity contribution in [3.05, 3.63) is 30.1 Å². The van der Waals surface area contributed by atoms with E-state index in [2.05, 4.69) is 10.3 Å². The average Bonchev–Trinajstić information content (AvgIpc) is 2.70. The Kier molecular flexibility index (Phi) is 3.27. The number of carbonyl (C=O) groups is 2. The minimum absolute atomic E-state index is 0.0857. The Hall–Kier alpha value is -2.37. The summed E-state index contributed by atoms with van der Waals surface area (Å²) < 4.78 is 1.86. The Labute approximate surface area is 103 Å². The van der Waals surface area contributed by atoms with Crippen LogP contribution in [-0.4, -0.2) is 33.1 Å². The lowest BCUT2D eigenvalue weighted by molar-refractivity contribution is -0.136. The molecule has 0 saturated carbocycles. The van der Waals surface area contributed by atoms with E-state index in [1.54, 1.807) is 18.5 Å². The monoisotopic (exact) mass is 247 g/mol. The van der Waals surface area contributed by atoms with Gasteiger partial charge < -0.3 is 15.0 Å². The molecular weight excluding hydrogens is 234 g/mol. The number of aromatic nitrogens is 2. The number of aliphatic carboxylic acids is 1. The van der Waals surface area contributed by atoms with Gasteiger partial charge >= 0.3 is 5.97 Å². The molecule has 0 aliphatic rings. The van der Waals surface area contributed by atoms with Gasteiger partial charge in [0.25, 0.3) is 5.91 Å². The smallest absolute Gasteiger partial charge is 0.305 e. The maximum absolute atomic E-state index is 11.7. The Balaban J connectivity index is 2.10. The molecule has 2 rings (SSSR count). The lowest BCUT2D eigenvalue weighted by Gasteiger charge is -2.03. The van der Waals surface area contributed by atoms with Gasteiger partial charge in [-0.2, -0.15) is 0 Å². The standard InChI is InChI=1S/C12H13N3O3/c1-15-7-14-9-6-8(2-3-10(9)15)12(18)13-5-4-11(16)17/h2-3,6-7H,4-5H2,1H3,(H,13,18)(H,16,17). The van der Waals surface area contributed by atoms with Crippen LogP contribution in [0.4, 0.5) is 0 Å². The van der Waals surface area contributed by atoms with Crippen LogP contribution in [0.15, 0.2) is 24.5 Å². The Bertz CT molecular complexity index is 604. The molecular formula is C12H13N3O3. The zero-order valence-electron chi connectivity index (χ0n) is 9.88. The topological polar surface area (TPSA) is 84.2 Å². The molecule has 1 amide bonds. The number of fused-ring (bicyclic) bond motifs is 1. The predicted molar refractivity (Wildman–Crippen MR) is 65.3 cm³/mol. The summed E-state index contributed by atoms with van der Waals surface area (Å²) >= 11 is 0. The largest absolute Gasteiger partial charge is 0.481 e. The zero-order chi connectivity index (χ0) is 13.1. The molecule has 6 heteroatoms. The molecule has 0 saturated heterocycles. The molecule has 1 heterocycles. The molecule has 1 aromatic heterocycles. The summed E-state index contributed by atoms with van der Waals surface area (Å²) in [4.78, 5) is 26.2. The van der Waals surface area contributed by atoms with Gasteiger partial charge in [0, 0.05) is 19.2 Å². The predicted octanol–water partition coefficient (Wildman–Crippen LogP) is 0.778. The summed E-state index contributed by atoms with van der Waals surface area (Å²) in [6, 6.07) is 5.19. The number of imidazole rings is 1. The van der Waals surface area contributed by atoms with E-state index in [0.717, 1.165) is 11.0 Å². The third-order valence-corrected chi connectivity index (χ3v) is 2.61. The fraction of sp³-hybridized carbons (Fsp3) is 0.250. The summed E-state index contributed by atoms with van der Waals surface area (Å²) in [7, 11) is 1.88. The molecule has 2 N–H and O–H groups in total. The maximum Gasteiger partial charge on any atom is 0.305 e. The maximum atomic E-state index is 11.7. The number of aryl methyl sites for hydroxylation is 1. The lowest BCUT2D eigenvalue weighted by atomic mass is 10.2. The first kappa shape index (κ1) is 12.1. The Morgan fingerprint density at radius 2 is 2.22 bits per heavy atom. The van der Waals surface area contributed by atoms with Gasteiger partial charge in [-0.3, -0.25) is 9.59 Å². The fourth-order valence-electron chi connectivity index (χ4n) is 1.66. The van der Waals surface area contributed by atoms with E-state index in [1.807, 2.05) is 17.7 Å². The number of hydrogen-bond donors (Lipinski definition) is 2. The van der Waals surface area contributed by atoms with Crippen LogP contribution in [0.2, 0.25) is 0 Å². The van der Waals surface area contributed by atoms with Crippen molar-refractivity contribution in [1.82, 2.24) is 14.9 Å². The van der Waals surface area contributed by atoms with E-state index in [4.69, 9.17) is 5.11 Å². The van der Waals surface area contributed by atoms with Crippen LogP contribution in [0.1, 0.15) is 16.8 Å². The quantitative estimate of drug-likeness (QED) is 0.836. The Morgan fingerprint density at radius 1 is 1.44 bits per heavy atom. The second-order valence-electron chi connectivity index (χ2n) is 3.96. The molecule has 2 aromatic rings. The second-order valence-corrected chi connectivity index (χ2v) is 3.96. The van der Waals surface area contributed by atoms with Crippen molar-refractivity contribution in [3.63, 3.8) is 0 Å². The highest BCUT2D eigenvalue weighted by molar-refractivity contribution is 5.97. The molecule has 0 fully saturated rings. The van der Waals surface area contributed by atoms with Crippen LogP contribution < -0.4 is 5.32 Å². The highest BCUT2D eigenvalue weighted by Gasteiger charge is 2.08. The first-order chi connectivity index (χ1) is 8.58. The molecule has 1 aromatic carbocycles. The summed E-state index contributed by atoms with van der Waals surface area (Å²) in [6.07, 6.45) is 1.59. The second kappa shape index (κ2) is 4.87. The molecule has 0 unspecified atom stereocenters. The number of hydrogen-bond acceptors (Lipinski definition) is 3. The molecule has 6 nitrogen and oxygen atoms in total. The summed E-state index contributed by atoms with van der Waals surface area (Å²) in [5.74, 6) is -1.22. The van der Waals surface area contributed by atoms with E-state index in [9.17, 15) is 9.59 Å². The SMILES string of the molecule is Cn1cnc2cc(C(=O)NCCC(=O)O)ccc21. The van der Waals surface area contributed by atoms with Crippen molar-refractivity contribution in [1.29, 1.82) is 0 Å². The van der Waals surface area contributed by atoms with Crippen LogP contribution in [0, 0.1) is 0 Å². The van der Waals surface area contributed by atoms with E-state index >= 15 is 0 Å². The van der Waals surface area contributed by atoms with Crippen molar-refractivity contribution in [2.24, 2.45) is 7.05 Å². The number of nitrogens with one attached hydrogen (secondary N) is 1. The van der Waals surface area contributed by atoms with Crippen molar-refractivity contribution in [3.8, 4) is 0 Å². The zero-order valence-corrected chi connectivity index (χ0v) is 9.88. The van der Waals surface area contributed by atoms with Crippen LogP contribution in [0.25, 0.3) is 11.0 Å². The van der Waals surface area contributed by atoms with Gasteiger partial charge in [0.05, 0.1) is 23.8 Å². The van der Waals surface area contributed by atoms with Gasteiger partial charge in [0.1, 0.15) is 0 Å². The number of amides is 1. The summed E-state index contributed by atoms with van der Waals surface area (Å²) in [5, 5.41) is 11.0. The average molecular weight is 247 g/mol. The lowest BCUT2D eigenvalue weighted by Crippen LogP contribution is -2.25. The highest BCUT2D eigenvalue weighted by atomic mass is 16.4. The first-order valence-electron chi connectivity index (χ1n) is 5.49.